The van der Waals surface area contributed by atoms with E-state index in [0.717, 1.165) is 11.0 Å². The molecule has 0 aliphatic rings. The van der Waals surface area contributed by atoms with Crippen LogP contribution in [0.2, 0.25) is 0 Å². The van der Waals surface area contributed by atoms with Gasteiger partial charge in [0.25, 0.3) is 0 Å². The predicted octanol–water partition coefficient (Wildman–Crippen LogP) is 2.60. The lowest BCUT2D eigenvalue weighted by atomic mass is 10.1. The monoisotopic (exact) mass is 285 g/mol. The molecule has 0 aliphatic heterocycles. The molecule has 0 amide bonds. The lowest BCUT2D eigenvalue weighted by molar-refractivity contribution is -0.141. The molecule has 0 saturated carbocycles. The number of halogens is 1. The minimum atomic E-state index is -0.751. The first-order valence-electron chi connectivity index (χ1n) is 5.15. The molecule has 1 atom stereocenters. The van der Waals surface area contributed by atoms with Crippen molar-refractivity contribution in [2.24, 2.45) is 5.92 Å². The molecule has 0 aromatic heterocycles. The maximum absolute atomic E-state index is 10.7. The third-order valence-electron chi connectivity index (χ3n) is 2.41. The molecule has 1 aromatic rings. The Kier molecular flexibility index (Phi) is 4.96. The Morgan fingerprint density at radius 2 is 2.12 bits per heavy atom. The quantitative estimate of drug-likeness (QED) is 0.904. The van der Waals surface area contributed by atoms with Crippen molar-refractivity contribution >= 4 is 21.9 Å². The van der Waals surface area contributed by atoms with Gasteiger partial charge in [-0.3, -0.25) is 4.79 Å². The van der Waals surface area contributed by atoms with Crippen LogP contribution in [0.3, 0.4) is 0 Å². The molecule has 0 fully saturated rings. The second-order valence-electron chi connectivity index (χ2n) is 4.03. The highest BCUT2D eigenvalue weighted by Gasteiger charge is 2.14. The van der Waals surface area contributed by atoms with E-state index in [1.54, 1.807) is 6.92 Å². The van der Waals surface area contributed by atoms with Gasteiger partial charge in [-0.15, -0.1) is 0 Å². The first kappa shape index (κ1) is 13.2. The van der Waals surface area contributed by atoms with E-state index in [0.29, 0.717) is 6.54 Å². The van der Waals surface area contributed by atoms with Gasteiger partial charge in [-0.25, -0.2) is 0 Å². The van der Waals surface area contributed by atoms with Gasteiger partial charge in [0.05, 0.1) is 5.92 Å². The second-order valence-corrected chi connectivity index (χ2v) is 4.88. The van der Waals surface area contributed by atoms with E-state index in [4.69, 9.17) is 5.11 Å². The Morgan fingerprint density at radius 1 is 1.50 bits per heavy atom. The molecular formula is C12H16BrNO2. The van der Waals surface area contributed by atoms with E-state index < -0.39 is 5.97 Å². The summed E-state index contributed by atoms with van der Waals surface area (Å²) >= 11 is 3.48. The van der Waals surface area contributed by atoms with Crippen molar-refractivity contribution < 1.29 is 9.90 Å². The zero-order chi connectivity index (χ0) is 12.1. The van der Waals surface area contributed by atoms with E-state index >= 15 is 0 Å². The van der Waals surface area contributed by atoms with Crippen molar-refractivity contribution in [3.8, 4) is 0 Å². The van der Waals surface area contributed by atoms with Crippen LogP contribution in [0.25, 0.3) is 0 Å². The lowest BCUT2D eigenvalue weighted by Crippen LogP contribution is -2.28. The van der Waals surface area contributed by atoms with Crippen LogP contribution in [0.1, 0.15) is 12.5 Å². The molecule has 0 saturated heterocycles. The molecule has 0 aliphatic carbocycles. The summed E-state index contributed by atoms with van der Waals surface area (Å²) in [5, 5.41) is 8.82. The van der Waals surface area contributed by atoms with Gasteiger partial charge in [0.1, 0.15) is 0 Å². The fourth-order valence-corrected chi connectivity index (χ4v) is 1.94. The molecule has 0 spiro atoms. The van der Waals surface area contributed by atoms with Crippen LogP contribution in [-0.2, 0) is 11.3 Å². The smallest absolute Gasteiger partial charge is 0.307 e. The number of carbonyl (C=O) groups is 1. The SMILES string of the molecule is CC(CN(C)Cc1ccccc1Br)C(=O)O. The number of carboxylic acids is 1. The molecule has 0 heterocycles. The van der Waals surface area contributed by atoms with Gasteiger partial charge in [-0.1, -0.05) is 41.1 Å². The molecule has 1 unspecified atom stereocenters. The molecular weight excluding hydrogens is 270 g/mol. The number of carboxylic acid groups (broad SMARTS) is 1. The maximum Gasteiger partial charge on any atom is 0.307 e. The number of benzene rings is 1. The van der Waals surface area contributed by atoms with Gasteiger partial charge in [0.2, 0.25) is 0 Å². The molecule has 88 valence electrons. The average molecular weight is 286 g/mol. The topological polar surface area (TPSA) is 40.5 Å². The van der Waals surface area contributed by atoms with Crippen LogP contribution in [0.5, 0.6) is 0 Å². The van der Waals surface area contributed by atoms with Crippen molar-refractivity contribution in [2.75, 3.05) is 13.6 Å². The molecule has 1 rings (SSSR count). The maximum atomic E-state index is 10.7. The molecule has 1 aromatic carbocycles. The third kappa shape index (κ3) is 3.94. The highest BCUT2D eigenvalue weighted by atomic mass is 79.9. The molecule has 3 nitrogen and oxygen atoms in total. The number of aliphatic carboxylic acids is 1. The van der Waals surface area contributed by atoms with E-state index in [2.05, 4.69) is 15.9 Å². The van der Waals surface area contributed by atoms with Gasteiger partial charge >= 0.3 is 5.97 Å². The van der Waals surface area contributed by atoms with Crippen LogP contribution in [0, 0.1) is 5.92 Å². The largest absolute Gasteiger partial charge is 0.481 e. The van der Waals surface area contributed by atoms with Crippen LogP contribution >= 0.6 is 15.9 Å². The summed E-state index contributed by atoms with van der Waals surface area (Å²) < 4.78 is 1.06. The normalized spacial score (nSPS) is 12.8. The highest BCUT2D eigenvalue weighted by Crippen LogP contribution is 2.17. The summed E-state index contributed by atoms with van der Waals surface area (Å²) in [6.07, 6.45) is 0. The molecule has 0 radical (unpaired) electrons. The van der Waals surface area contributed by atoms with Crippen molar-refractivity contribution in [2.45, 2.75) is 13.5 Å². The standard InChI is InChI=1S/C12H16BrNO2/c1-9(12(15)16)7-14(2)8-10-5-3-4-6-11(10)13/h3-6,9H,7-8H2,1-2H3,(H,15,16). The Balaban J connectivity index is 2.55. The Hall–Kier alpha value is -0.870. The number of rotatable bonds is 5. The zero-order valence-corrected chi connectivity index (χ0v) is 11.1. The highest BCUT2D eigenvalue weighted by molar-refractivity contribution is 9.10. The summed E-state index contributed by atoms with van der Waals surface area (Å²) in [5.41, 5.74) is 1.17. The van der Waals surface area contributed by atoms with Gasteiger partial charge in [-0.05, 0) is 18.7 Å². The minimum Gasteiger partial charge on any atom is -0.481 e. The van der Waals surface area contributed by atoms with E-state index in [9.17, 15) is 4.79 Å². The van der Waals surface area contributed by atoms with Crippen LogP contribution < -0.4 is 0 Å². The van der Waals surface area contributed by atoms with Gasteiger partial charge < -0.3 is 10.0 Å². The van der Waals surface area contributed by atoms with Gasteiger partial charge in [0.15, 0.2) is 0 Å². The van der Waals surface area contributed by atoms with Crippen molar-refractivity contribution in [1.29, 1.82) is 0 Å². The van der Waals surface area contributed by atoms with E-state index in [1.165, 1.54) is 5.56 Å². The fourth-order valence-electron chi connectivity index (χ4n) is 1.53. The fraction of sp³-hybridized carbons (Fsp3) is 0.417. The Bertz CT molecular complexity index is 368. The summed E-state index contributed by atoms with van der Waals surface area (Å²) in [4.78, 5) is 12.7. The second kappa shape index (κ2) is 6.01. The summed E-state index contributed by atoms with van der Waals surface area (Å²) in [7, 11) is 1.93. The molecule has 1 N–H and O–H groups in total. The van der Waals surface area contributed by atoms with E-state index in [1.807, 2.05) is 36.2 Å². The van der Waals surface area contributed by atoms with Crippen LogP contribution in [-0.4, -0.2) is 29.6 Å². The van der Waals surface area contributed by atoms with Crippen molar-refractivity contribution in [3.63, 3.8) is 0 Å². The first-order valence-corrected chi connectivity index (χ1v) is 5.94. The van der Waals surface area contributed by atoms with Gasteiger partial charge in [0, 0.05) is 17.6 Å². The predicted molar refractivity (Wildman–Crippen MR) is 67.3 cm³/mol. The third-order valence-corrected chi connectivity index (χ3v) is 3.18. The lowest BCUT2D eigenvalue weighted by Gasteiger charge is -2.19. The molecule has 0 bridgehead atoms. The molecule has 4 heteroatoms. The van der Waals surface area contributed by atoms with Crippen LogP contribution in [0.15, 0.2) is 28.7 Å². The van der Waals surface area contributed by atoms with Crippen LogP contribution in [0.4, 0.5) is 0 Å². The molecule has 16 heavy (non-hydrogen) atoms. The van der Waals surface area contributed by atoms with E-state index in [-0.39, 0.29) is 5.92 Å². The zero-order valence-electron chi connectivity index (χ0n) is 9.48. The average Bonchev–Trinajstić information content (AvgIpc) is 2.21. The summed E-state index contributed by atoms with van der Waals surface area (Å²) in [6, 6.07) is 7.97. The summed E-state index contributed by atoms with van der Waals surface area (Å²) in [5.74, 6) is -1.09. The Morgan fingerprint density at radius 3 is 2.69 bits per heavy atom. The number of hydrogen-bond donors (Lipinski definition) is 1. The Labute approximate surface area is 104 Å². The number of hydrogen-bond acceptors (Lipinski definition) is 2. The van der Waals surface area contributed by atoms with Crippen molar-refractivity contribution in [1.82, 2.24) is 4.90 Å². The van der Waals surface area contributed by atoms with Gasteiger partial charge in [-0.2, -0.15) is 0 Å². The number of nitrogens with zero attached hydrogens (tertiary/aromatic N) is 1. The first-order chi connectivity index (χ1) is 7.50. The minimum absolute atomic E-state index is 0.340. The van der Waals surface area contributed by atoms with Crippen molar-refractivity contribution in [3.05, 3.63) is 34.3 Å². The summed E-state index contributed by atoms with van der Waals surface area (Å²) in [6.45, 7) is 3.02.